The van der Waals surface area contributed by atoms with Crippen molar-refractivity contribution in [2.75, 3.05) is 24.2 Å². The molecule has 0 aromatic heterocycles. The van der Waals surface area contributed by atoms with Gasteiger partial charge in [0.15, 0.2) is 0 Å². The van der Waals surface area contributed by atoms with Gasteiger partial charge in [0.05, 0.1) is 5.69 Å². The second kappa shape index (κ2) is 9.57. The Labute approximate surface area is 142 Å². The molecule has 0 spiro atoms. The number of carbonyl (C=O) groups excluding carboxylic acids is 1. The molecule has 1 heterocycles. The molecule has 1 aromatic carbocycles. The average Bonchev–Trinajstić information content (AvgIpc) is 2.93. The molecule has 1 aliphatic rings. The first-order chi connectivity index (χ1) is 9.69. The van der Waals surface area contributed by atoms with Crippen LogP contribution in [0.25, 0.3) is 0 Å². The van der Waals surface area contributed by atoms with Crippen molar-refractivity contribution in [1.29, 1.82) is 0 Å². The van der Waals surface area contributed by atoms with Crippen LogP contribution in [0.5, 0.6) is 0 Å². The van der Waals surface area contributed by atoms with Gasteiger partial charge in [0, 0.05) is 16.3 Å². The lowest BCUT2D eigenvalue weighted by atomic mass is 10.0. The molecular weight excluding hydrogens is 327 g/mol. The van der Waals surface area contributed by atoms with Gasteiger partial charge >= 0.3 is 0 Å². The largest absolute Gasteiger partial charge is 0.325 e. The lowest BCUT2D eigenvalue weighted by molar-refractivity contribution is -0.116. The molecule has 118 valence electrons. The summed E-state index contributed by atoms with van der Waals surface area (Å²) in [6.45, 7) is 4.22. The minimum Gasteiger partial charge on any atom is -0.325 e. The number of thioether (sulfide) groups is 1. The summed E-state index contributed by atoms with van der Waals surface area (Å²) < 4.78 is 0. The average molecular weight is 349 g/mol. The molecule has 1 unspecified atom stereocenters. The van der Waals surface area contributed by atoms with Crippen LogP contribution in [0.3, 0.4) is 0 Å². The summed E-state index contributed by atoms with van der Waals surface area (Å²) in [5, 5.41) is 6.98. The third-order valence-corrected chi connectivity index (χ3v) is 4.65. The van der Waals surface area contributed by atoms with Crippen LogP contribution in [0.15, 0.2) is 23.1 Å². The van der Waals surface area contributed by atoms with Crippen LogP contribution in [0.4, 0.5) is 5.69 Å². The molecule has 1 saturated heterocycles. The Morgan fingerprint density at radius 1 is 1.52 bits per heavy atom. The van der Waals surface area contributed by atoms with E-state index in [4.69, 9.17) is 11.6 Å². The van der Waals surface area contributed by atoms with E-state index in [1.807, 2.05) is 18.2 Å². The molecule has 0 bridgehead atoms. The number of benzene rings is 1. The monoisotopic (exact) mass is 348 g/mol. The lowest BCUT2D eigenvalue weighted by Gasteiger charge is -2.12. The molecule has 1 atom stereocenters. The number of hydrogen-bond donors (Lipinski definition) is 2. The third-order valence-electron chi connectivity index (χ3n) is 3.46. The Balaban J connectivity index is 0.00000220. The summed E-state index contributed by atoms with van der Waals surface area (Å²) in [4.78, 5) is 13.1. The highest BCUT2D eigenvalue weighted by atomic mass is 35.5. The van der Waals surface area contributed by atoms with Crippen LogP contribution in [-0.4, -0.2) is 24.7 Å². The zero-order valence-electron chi connectivity index (χ0n) is 12.2. The number of nitrogens with one attached hydrogen (secondary N) is 2. The molecule has 1 aromatic rings. The van der Waals surface area contributed by atoms with Gasteiger partial charge in [0.2, 0.25) is 5.91 Å². The Kier molecular flexibility index (Phi) is 8.49. The van der Waals surface area contributed by atoms with Crippen molar-refractivity contribution in [2.45, 2.75) is 31.1 Å². The van der Waals surface area contributed by atoms with Gasteiger partial charge in [0.1, 0.15) is 0 Å². The van der Waals surface area contributed by atoms with Crippen molar-refractivity contribution < 1.29 is 4.79 Å². The van der Waals surface area contributed by atoms with E-state index in [0.717, 1.165) is 35.8 Å². The standard InChI is InChI=1S/C15H21ClN2OS.ClH/c1-2-20-14-5-4-12(16)9-13(14)18-15(19)6-3-11-7-8-17-10-11;/h4-5,9,11,17H,2-3,6-8,10H2,1H3,(H,18,19);1H. The second-order valence-corrected chi connectivity index (χ2v) is 6.76. The molecule has 2 N–H and O–H groups in total. The van der Waals surface area contributed by atoms with Crippen molar-refractivity contribution in [3.63, 3.8) is 0 Å². The van der Waals surface area contributed by atoms with Crippen LogP contribution < -0.4 is 10.6 Å². The van der Waals surface area contributed by atoms with Gasteiger partial charge < -0.3 is 10.6 Å². The van der Waals surface area contributed by atoms with E-state index in [2.05, 4.69) is 17.6 Å². The molecule has 2 rings (SSSR count). The predicted molar refractivity (Wildman–Crippen MR) is 93.9 cm³/mol. The van der Waals surface area contributed by atoms with Gasteiger partial charge in [-0.05, 0) is 55.8 Å². The lowest BCUT2D eigenvalue weighted by Crippen LogP contribution is -2.15. The van der Waals surface area contributed by atoms with Gasteiger partial charge in [-0.1, -0.05) is 18.5 Å². The quantitative estimate of drug-likeness (QED) is 0.756. The number of rotatable bonds is 6. The fourth-order valence-corrected chi connectivity index (χ4v) is 3.30. The molecule has 6 heteroatoms. The van der Waals surface area contributed by atoms with Gasteiger partial charge in [-0.3, -0.25) is 4.79 Å². The number of anilines is 1. The maximum atomic E-state index is 12.1. The van der Waals surface area contributed by atoms with Crippen molar-refractivity contribution in [1.82, 2.24) is 5.32 Å². The molecule has 0 saturated carbocycles. The maximum absolute atomic E-state index is 12.1. The van der Waals surface area contributed by atoms with Gasteiger partial charge in [-0.15, -0.1) is 24.2 Å². The molecule has 1 amide bonds. The summed E-state index contributed by atoms with van der Waals surface area (Å²) in [5.41, 5.74) is 0.832. The number of hydrogen-bond acceptors (Lipinski definition) is 3. The number of amides is 1. The van der Waals surface area contributed by atoms with Crippen molar-refractivity contribution in [3.05, 3.63) is 23.2 Å². The highest BCUT2D eigenvalue weighted by Gasteiger charge is 2.16. The van der Waals surface area contributed by atoms with Crippen molar-refractivity contribution in [2.24, 2.45) is 5.92 Å². The Morgan fingerprint density at radius 2 is 2.33 bits per heavy atom. The van der Waals surface area contributed by atoms with Crippen LogP contribution in [-0.2, 0) is 4.79 Å². The molecule has 1 aliphatic heterocycles. The summed E-state index contributed by atoms with van der Waals surface area (Å²) in [5.74, 6) is 1.69. The Morgan fingerprint density at radius 3 is 3.00 bits per heavy atom. The molecule has 1 fully saturated rings. The molecule has 21 heavy (non-hydrogen) atoms. The molecule has 0 aliphatic carbocycles. The highest BCUT2D eigenvalue weighted by molar-refractivity contribution is 7.99. The van der Waals surface area contributed by atoms with E-state index in [-0.39, 0.29) is 18.3 Å². The van der Waals surface area contributed by atoms with E-state index in [0.29, 0.717) is 17.4 Å². The Bertz CT molecular complexity index is 465. The first kappa shape index (κ1) is 18.6. The van der Waals surface area contributed by atoms with Crippen molar-refractivity contribution >= 4 is 47.4 Å². The zero-order valence-corrected chi connectivity index (χ0v) is 14.5. The minimum atomic E-state index is 0. The summed E-state index contributed by atoms with van der Waals surface area (Å²) in [7, 11) is 0. The fraction of sp³-hybridized carbons (Fsp3) is 0.533. The van der Waals surface area contributed by atoms with E-state index >= 15 is 0 Å². The van der Waals surface area contributed by atoms with Crippen LogP contribution in [0, 0.1) is 5.92 Å². The topological polar surface area (TPSA) is 41.1 Å². The number of carbonyl (C=O) groups is 1. The van der Waals surface area contributed by atoms with E-state index in [9.17, 15) is 4.79 Å². The van der Waals surface area contributed by atoms with E-state index in [1.165, 1.54) is 6.42 Å². The molecule has 0 radical (unpaired) electrons. The van der Waals surface area contributed by atoms with Crippen molar-refractivity contribution in [3.8, 4) is 0 Å². The fourth-order valence-electron chi connectivity index (χ4n) is 2.39. The third kappa shape index (κ3) is 6.07. The maximum Gasteiger partial charge on any atom is 0.224 e. The van der Waals surface area contributed by atoms with Crippen LogP contribution in [0.1, 0.15) is 26.2 Å². The SMILES string of the molecule is CCSc1ccc(Cl)cc1NC(=O)CCC1CCNC1.Cl. The first-order valence-corrected chi connectivity index (χ1v) is 8.48. The number of halogens is 2. The molecular formula is C15H22Cl2N2OS. The van der Waals surface area contributed by atoms with Gasteiger partial charge in [-0.25, -0.2) is 0 Å². The second-order valence-electron chi connectivity index (χ2n) is 5.02. The van der Waals surface area contributed by atoms with Crippen LogP contribution in [0.2, 0.25) is 5.02 Å². The predicted octanol–water partition coefficient (Wildman–Crippen LogP) is 4.20. The zero-order chi connectivity index (χ0) is 14.4. The van der Waals surface area contributed by atoms with Gasteiger partial charge in [-0.2, -0.15) is 0 Å². The first-order valence-electron chi connectivity index (χ1n) is 7.12. The highest BCUT2D eigenvalue weighted by Crippen LogP contribution is 2.30. The van der Waals surface area contributed by atoms with Gasteiger partial charge in [0.25, 0.3) is 0 Å². The summed E-state index contributed by atoms with van der Waals surface area (Å²) in [6, 6.07) is 5.65. The normalized spacial score (nSPS) is 17.3. The smallest absolute Gasteiger partial charge is 0.224 e. The Hall–Kier alpha value is -0.420. The summed E-state index contributed by atoms with van der Waals surface area (Å²) in [6.07, 6.45) is 2.71. The molecule has 3 nitrogen and oxygen atoms in total. The van der Waals surface area contributed by atoms with Crippen LogP contribution >= 0.6 is 35.8 Å². The van der Waals surface area contributed by atoms with E-state index in [1.54, 1.807) is 11.8 Å². The summed E-state index contributed by atoms with van der Waals surface area (Å²) >= 11 is 7.72. The minimum absolute atomic E-state index is 0. The van der Waals surface area contributed by atoms with E-state index < -0.39 is 0 Å².